The van der Waals surface area contributed by atoms with Crippen LogP contribution in [0.5, 0.6) is 0 Å². The summed E-state index contributed by atoms with van der Waals surface area (Å²) in [6.45, 7) is 7.03. The molecule has 0 fully saturated rings. The van der Waals surface area contributed by atoms with Crippen LogP contribution in [0, 0.1) is 0 Å². The van der Waals surface area contributed by atoms with Crippen LogP contribution in [0.4, 0.5) is 0 Å². The third-order valence-corrected chi connectivity index (χ3v) is 2.99. The van der Waals surface area contributed by atoms with Crippen molar-refractivity contribution < 1.29 is 4.42 Å². The van der Waals surface area contributed by atoms with E-state index in [1.54, 1.807) is 6.26 Å². The minimum Gasteiger partial charge on any atom is -0.468 e. The van der Waals surface area contributed by atoms with E-state index in [4.69, 9.17) is 4.42 Å². The third kappa shape index (κ3) is 3.01. The van der Waals surface area contributed by atoms with Crippen molar-refractivity contribution in [1.82, 2.24) is 14.9 Å². The Morgan fingerprint density at radius 3 is 3.06 bits per heavy atom. The van der Waals surface area contributed by atoms with Crippen LogP contribution in [0.25, 0.3) is 0 Å². The second-order valence-corrected chi connectivity index (χ2v) is 4.36. The Hall–Kier alpha value is -1.55. The Kier molecular flexibility index (Phi) is 4.59. The van der Waals surface area contributed by atoms with E-state index < -0.39 is 0 Å². The van der Waals surface area contributed by atoms with Gasteiger partial charge < -0.3 is 14.3 Å². The first-order chi connectivity index (χ1) is 8.85. The van der Waals surface area contributed by atoms with Crippen LogP contribution >= 0.6 is 0 Å². The van der Waals surface area contributed by atoms with E-state index in [9.17, 15) is 0 Å². The summed E-state index contributed by atoms with van der Waals surface area (Å²) in [5.74, 6) is 2.12. The molecule has 0 bridgehead atoms. The fourth-order valence-corrected chi connectivity index (χ4v) is 2.04. The Morgan fingerprint density at radius 1 is 1.39 bits per heavy atom. The van der Waals surface area contributed by atoms with E-state index in [2.05, 4.69) is 28.7 Å². The summed E-state index contributed by atoms with van der Waals surface area (Å²) >= 11 is 0. The van der Waals surface area contributed by atoms with Crippen LogP contribution in [0.1, 0.15) is 37.4 Å². The molecule has 4 nitrogen and oxygen atoms in total. The van der Waals surface area contributed by atoms with Crippen molar-refractivity contribution in [3.05, 3.63) is 41.9 Å². The van der Waals surface area contributed by atoms with Crippen molar-refractivity contribution in [2.75, 3.05) is 6.54 Å². The molecule has 0 aliphatic carbocycles. The summed E-state index contributed by atoms with van der Waals surface area (Å²) in [5.41, 5.74) is 1.22. The van der Waals surface area contributed by atoms with Crippen molar-refractivity contribution in [2.24, 2.45) is 0 Å². The van der Waals surface area contributed by atoms with Gasteiger partial charge in [0.2, 0.25) is 0 Å². The number of nitrogens with zero attached hydrogens (tertiary/aromatic N) is 2. The Balaban J connectivity index is 2.08. The third-order valence-electron chi connectivity index (χ3n) is 2.99. The summed E-state index contributed by atoms with van der Waals surface area (Å²) < 4.78 is 7.73. The van der Waals surface area contributed by atoms with Crippen LogP contribution in [-0.4, -0.2) is 16.1 Å². The Bertz CT molecular complexity index is 473. The molecule has 18 heavy (non-hydrogen) atoms. The molecule has 0 saturated heterocycles. The van der Waals surface area contributed by atoms with Gasteiger partial charge in [-0.1, -0.05) is 13.8 Å². The highest BCUT2D eigenvalue weighted by Gasteiger charge is 2.10. The lowest BCUT2D eigenvalue weighted by Crippen LogP contribution is -2.13. The number of aromatic nitrogens is 2. The largest absolute Gasteiger partial charge is 0.468 e. The van der Waals surface area contributed by atoms with Crippen LogP contribution < -0.4 is 5.32 Å². The molecule has 4 heteroatoms. The maximum Gasteiger partial charge on any atom is 0.121 e. The van der Waals surface area contributed by atoms with E-state index in [0.29, 0.717) is 0 Å². The van der Waals surface area contributed by atoms with Gasteiger partial charge in [-0.2, -0.15) is 0 Å². The van der Waals surface area contributed by atoms with E-state index in [-0.39, 0.29) is 0 Å². The maximum atomic E-state index is 5.52. The lowest BCUT2D eigenvalue weighted by Gasteiger charge is -2.06. The molecular formula is C14H21N3O. The highest BCUT2D eigenvalue weighted by Crippen LogP contribution is 2.15. The zero-order valence-corrected chi connectivity index (χ0v) is 11.1. The lowest BCUT2D eigenvalue weighted by atomic mass is 10.1. The fourth-order valence-electron chi connectivity index (χ4n) is 2.04. The molecule has 2 aromatic heterocycles. The molecule has 0 aromatic carbocycles. The van der Waals surface area contributed by atoms with Crippen molar-refractivity contribution in [2.45, 2.75) is 39.8 Å². The van der Waals surface area contributed by atoms with Crippen molar-refractivity contribution in [1.29, 1.82) is 0 Å². The minimum atomic E-state index is 0.785. The molecule has 0 radical (unpaired) electrons. The highest BCUT2D eigenvalue weighted by atomic mass is 16.3. The van der Waals surface area contributed by atoms with Crippen molar-refractivity contribution >= 4 is 0 Å². The number of aryl methyl sites for hydroxylation is 1. The first kappa shape index (κ1) is 12.9. The van der Waals surface area contributed by atoms with Gasteiger partial charge >= 0.3 is 0 Å². The van der Waals surface area contributed by atoms with Gasteiger partial charge in [0.05, 0.1) is 12.8 Å². The Labute approximate surface area is 108 Å². The second-order valence-electron chi connectivity index (χ2n) is 4.36. The molecule has 98 valence electrons. The monoisotopic (exact) mass is 247 g/mol. The summed E-state index contributed by atoms with van der Waals surface area (Å²) in [4.78, 5) is 4.43. The molecule has 0 amide bonds. The van der Waals surface area contributed by atoms with Crippen molar-refractivity contribution in [3.63, 3.8) is 0 Å². The first-order valence-corrected chi connectivity index (χ1v) is 6.61. The van der Waals surface area contributed by atoms with Gasteiger partial charge in [-0.3, -0.25) is 0 Å². The molecule has 0 unspecified atom stereocenters. The zero-order valence-electron chi connectivity index (χ0n) is 11.1. The fraction of sp³-hybridized carbons (Fsp3) is 0.500. The predicted octanol–water partition coefficient (Wildman–Crippen LogP) is 2.59. The average molecular weight is 247 g/mol. The van der Waals surface area contributed by atoms with Crippen LogP contribution in [-0.2, 0) is 19.5 Å². The van der Waals surface area contributed by atoms with Gasteiger partial charge in [0.1, 0.15) is 11.6 Å². The van der Waals surface area contributed by atoms with Crippen LogP contribution in [0.3, 0.4) is 0 Å². The average Bonchev–Trinajstić information content (AvgIpc) is 2.98. The van der Waals surface area contributed by atoms with E-state index in [1.807, 2.05) is 18.5 Å². The molecule has 0 spiro atoms. The van der Waals surface area contributed by atoms with Crippen LogP contribution in [0.15, 0.2) is 29.1 Å². The van der Waals surface area contributed by atoms with Gasteiger partial charge in [0.15, 0.2) is 0 Å². The molecular weight excluding hydrogens is 226 g/mol. The second kappa shape index (κ2) is 6.40. The van der Waals surface area contributed by atoms with Gasteiger partial charge in [0, 0.05) is 30.9 Å². The Morgan fingerprint density at radius 2 is 2.28 bits per heavy atom. The lowest BCUT2D eigenvalue weighted by molar-refractivity contribution is 0.483. The summed E-state index contributed by atoms with van der Waals surface area (Å²) in [6, 6.07) is 2.04. The molecule has 0 atom stereocenters. The highest BCUT2D eigenvalue weighted by molar-refractivity contribution is 5.21. The topological polar surface area (TPSA) is 43.0 Å². The van der Waals surface area contributed by atoms with E-state index >= 15 is 0 Å². The molecule has 2 aromatic rings. The van der Waals surface area contributed by atoms with Gasteiger partial charge in [0.25, 0.3) is 0 Å². The number of imidazole rings is 1. The number of hydrogen-bond donors (Lipinski definition) is 1. The van der Waals surface area contributed by atoms with Crippen molar-refractivity contribution in [3.8, 4) is 0 Å². The SMILES string of the molecule is CCCn1ccnc1Cc1ccoc1CNCC. The number of hydrogen-bond acceptors (Lipinski definition) is 3. The number of nitrogens with one attached hydrogen (secondary N) is 1. The number of rotatable bonds is 7. The molecule has 0 aliphatic rings. The van der Waals surface area contributed by atoms with E-state index in [0.717, 1.165) is 44.1 Å². The molecule has 0 aliphatic heterocycles. The first-order valence-electron chi connectivity index (χ1n) is 6.61. The normalized spacial score (nSPS) is 11.0. The van der Waals surface area contributed by atoms with Gasteiger partial charge in [-0.15, -0.1) is 0 Å². The molecule has 1 N–H and O–H groups in total. The predicted molar refractivity (Wildman–Crippen MR) is 71.4 cm³/mol. The van der Waals surface area contributed by atoms with Gasteiger partial charge in [-0.05, 0) is 19.0 Å². The minimum absolute atomic E-state index is 0.785. The summed E-state index contributed by atoms with van der Waals surface area (Å²) in [7, 11) is 0. The zero-order chi connectivity index (χ0) is 12.8. The van der Waals surface area contributed by atoms with Gasteiger partial charge in [-0.25, -0.2) is 4.98 Å². The summed E-state index contributed by atoms with van der Waals surface area (Å²) in [5, 5.41) is 3.29. The molecule has 2 heterocycles. The quantitative estimate of drug-likeness (QED) is 0.817. The van der Waals surface area contributed by atoms with E-state index in [1.165, 1.54) is 5.56 Å². The molecule has 0 saturated carbocycles. The van der Waals surface area contributed by atoms with Crippen LogP contribution in [0.2, 0.25) is 0 Å². The molecule has 2 rings (SSSR count). The maximum absolute atomic E-state index is 5.52. The number of furan rings is 1. The standard InChI is InChI=1S/C14H21N3O/c1-3-7-17-8-6-16-14(17)10-12-5-9-18-13(12)11-15-4-2/h5-6,8-9,15H,3-4,7,10-11H2,1-2H3. The summed E-state index contributed by atoms with van der Waals surface area (Å²) in [6.07, 6.45) is 7.64. The smallest absolute Gasteiger partial charge is 0.121 e.